The van der Waals surface area contributed by atoms with Crippen molar-refractivity contribution < 1.29 is 4.79 Å². The first kappa shape index (κ1) is 15.7. The second-order valence-electron chi connectivity index (χ2n) is 6.57. The number of benzene rings is 1. The minimum absolute atomic E-state index is 0.0462. The molecule has 0 aliphatic rings. The smallest absolute Gasteiger partial charge is 0.231 e. The number of hydrogen-bond donors (Lipinski definition) is 2. The lowest BCUT2D eigenvalue weighted by molar-refractivity contribution is -0.126. The van der Waals surface area contributed by atoms with E-state index in [1.807, 2.05) is 41.5 Å². The second kappa shape index (κ2) is 4.97. The van der Waals surface area contributed by atoms with Crippen molar-refractivity contribution in [2.45, 2.75) is 54.0 Å². The lowest BCUT2D eigenvalue weighted by atomic mass is 9.74. The fraction of sp³-hybridized carbons (Fsp3) is 0.562. The summed E-state index contributed by atoms with van der Waals surface area (Å²) in [6.07, 6.45) is 0. The molecule has 1 rings (SSSR count). The van der Waals surface area contributed by atoms with E-state index in [-0.39, 0.29) is 5.91 Å². The van der Waals surface area contributed by atoms with Gasteiger partial charge in [0.15, 0.2) is 0 Å². The molecule has 3 heteroatoms. The number of nitrogens with one attached hydrogen (secondary N) is 1. The minimum Gasteiger partial charge on any atom is -0.325 e. The molecule has 0 aliphatic heterocycles. The number of aryl methyl sites for hydroxylation is 3. The van der Waals surface area contributed by atoms with Gasteiger partial charge in [-0.05, 0) is 59.6 Å². The normalized spacial score (nSPS) is 12.4. The van der Waals surface area contributed by atoms with Crippen LogP contribution < -0.4 is 11.1 Å². The van der Waals surface area contributed by atoms with Crippen LogP contribution >= 0.6 is 0 Å². The van der Waals surface area contributed by atoms with Crippen LogP contribution in [0.4, 0.5) is 5.69 Å². The Morgan fingerprint density at radius 2 is 1.47 bits per heavy atom. The van der Waals surface area contributed by atoms with Crippen LogP contribution in [-0.4, -0.2) is 11.4 Å². The molecule has 19 heavy (non-hydrogen) atoms. The zero-order valence-corrected chi connectivity index (χ0v) is 13.1. The van der Waals surface area contributed by atoms with E-state index in [0.29, 0.717) is 0 Å². The summed E-state index contributed by atoms with van der Waals surface area (Å²) in [6, 6.07) is 4.15. The second-order valence-corrected chi connectivity index (χ2v) is 6.57. The molecule has 0 atom stereocenters. The van der Waals surface area contributed by atoms with Crippen LogP contribution in [0, 0.1) is 26.2 Å². The van der Waals surface area contributed by atoms with Crippen LogP contribution in [0.15, 0.2) is 12.1 Å². The van der Waals surface area contributed by atoms with Gasteiger partial charge in [-0.2, -0.15) is 0 Å². The van der Waals surface area contributed by atoms with Gasteiger partial charge in [0.2, 0.25) is 5.91 Å². The third-order valence-corrected chi connectivity index (χ3v) is 4.09. The van der Waals surface area contributed by atoms with Crippen LogP contribution in [0.2, 0.25) is 0 Å². The number of amides is 1. The largest absolute Gasteiger partial charge is 0.325 e. The highest BCUT2D eigenvalue weighted by Gasteiger charge is 2.40. The Morgan fingerprint density at radius 3 is 1.84 bits per heavy atom. The number of nitrogens with two attached hydrogens (primary N) is 1. The van der Waals surface area contributed by atoms with E-state index < -0.39 is 11.0 Å². The van der Waals surface area contributed by atoms with E-state index in [1.54, 1.807) is 0 Å². The monoisotopic (exact) mass is 262 g/mol. The Bertz CT molecular complexity index is 473. The highest BCUT2D eigenvalue weighted by Crippen LogP contribution is 2.31. The molecule has 0 fully saturated rings. The Morgan fingerprint density at radius 1 is 1.05 bits per heavy atom. The predicted molar refractivity (Wildman–Crippen MR) is 81.3 cm³/mol. The first-order valence-corrected chi connectivity index (χ1v) is 6.65. The first-order chi connectivity index (χ1) is 8.46. The number of hydrogen-bond acceptors (Lipinski definition) is 2. The van der Waals surface area contributed by atoms with Gasteiger partial charge in [0, 0.05) is 11.2 Å². The highest BCUT2D eigenvalue weighted by atomic mass is 16.2. The average Bonchev–Trinajstić information content (AvgIpc) is 2.21. The topological polar surface area (TPSA) is 55.1 Å². The average molecular weight is 262 g/mol. The van der Waals surface area contributed by atoms with Crippen molar-refractivity contribution in [3.05, 3.63) is 28.8 Å². The van der Waals surface area contributed by atoms with Crippen molar-refractivity contribution in [1.82, 2.24) is 0 Å². The van der Waals surface area contributed by atoms with Crippen LogP contribution in [-0.2, 0) is 4.79 Å². The molecule has 0 saturated carbocycles. The molecular formula is C16H26N2O. The Balaban J connectivity index is 3.08. The lowest BCUT2D eigenvalue weighted by Crippen LogP contribution is -2.53. The third kappa shape index (κ3) is 3.16. The van der Waals surface area contributed by atoms with Gasteiger partial charge in [-0.3, -0.25) is 4.79 Å². The maximum atomic E-state index is 12.5. The molecule has 106 valence electrons. The lowest BCUT2D eigenvalue weighted by Gasteiger charge is -2.37. The summed E-state index contributed by atoms with van der Waals surface area (Å²) in [6.45, 7) is 13.6. The summed E-state index contributed by atoms with van der Waals surface area (Å²) in [4.78, 5) is 12.5. The molecule has 0 aliphatic carbocycles. The number of carbonyl (C=O) groups excluding carboxylic acids is 1. The number of anilines is 1. The van der Waals surface area contributed by atoms with E-state index in [1.165, 1.54) is 5.56 Å². The molecule has 1 amide bonds. The van der Waals surface area contributed by atoms with Crippen LogP contribution in [0.3, 0.4) is 0 Å². The van der Waals surface area contributed by atoms with Gasteiger partial charge in [0.1, 0.15) is 0 Å². The maximum absolute atomic E-state index is 12.5. The molecule has 3 N–H and O–H groups in total. The summed E-state index contributed by atoms with van der Waals surface area (Å²) in [5.74, 6) is -0.0462. The molecule has 1 aromatic carbocycles. The Kier molecular flexibility index (Phi) is 4.11. The molecule has 3 nitrogen and oxygen atoms in total. The van der Waals surface area contributed by atoms with Crippen molar-refractivity contribution in [2.75, 3.05) is 5.32 Å². The third-order valence-electron chi connectivity index (χ3n) is 4.09. The molecule has 0 aromatic heterocycles. The highest BCUT2D eigenvalue weighted by molar-refractivity contribution is 5.97. The van der Waals surface area contributed by atoms with Gasteiger partial charge in [0.25, 0.3) is 0 Å². The minimum atomic E-state index is -0.642. The number of carbonyl (C=O) groups is 1. The summed E-state index contributed by atoms with van der Waals surface area (Å²) in [7, 11) is 0. The van der Waals surface area contributed by atoms with Crippen molar-refractivity contribution in [3.63, 3.8) is 0 Å². The van der Waals surface area contributed by atoms with E-state index in [9.17, 15) is 4.79 Å². The molecule has 0 spiro atoms. The quantitative estimate of drug-likeness (QED) is 0.878. The first-order valence-electron chi connectivity index (χ1n) is 6.65. The van der Waals surface area contributed by atoms with Gasteiger partial charge in [-0.15, -0.1) is 0 Å². The standard InChI is InChI=1S/C16H26N2O/c1-10-8-11(2)13(12(3)9-10)18-14(19)15(4,5)16(6,7)17/h8-9H,17H2,1-7H3,(H,18,19). The van der Waals surface area contributed by atoms with Crippen molar-refractivity contribution in [3.8, 4) is 0 Å². The van der Waals surface area contributed by atoms with Crippen LogP contribution in [0.1, 0.15) is 44.4 Å². The molecular weight excluding hydrogens is 236 g/mol. The van der Waals surface area contributed by atoms with Crippen LogP contribution in [0.5, 0.6) is 0 Å². The Hall–Kier alpha value is -1.35. The zero-order chi connectivity index (χ0) is 15.0. The van der Waals surface area contributed by atoms with Crippen molar-refractivity contribution in [2.24, 2.45) is 11.1 Å². The molecule has 0 radical (unpaired) electrons. The fourth-order valence-electron chi connectivity index (χ4n) is 1.94. The maximum Gasteiger partial charge on any atom is 0.231 e. The number of rotatable bonds is 3. The predicted octanol–water partition coefficient (Wildman–Crippen LogP) is 3.31. The molecule has 1 aromatic rings. The van der Waals surface area contributed by atoms with Crippen LogP contribution in [0.25, 0.3) is 0 Å². The van der Waals surface area contributed by atoms with Gasteiger partial charge in [0.05, 0.1) is 5.41 Å². The summed E-state index contributed by atoms with van der Waals surface area (Å²) >= 11 is 0. The molecule has 0 bridgehead atoms. The fourth-order valence-corrected chi connectivity index (χ4v) is 1.94. The van der Waals surface area contributed by atoms with Gasteiger partial charge >= 0.3 is 0 Å². The summed E-state index contributed by atoms with van der Waals surface area (Å²) in [5.41, 5.74) is 9.14. The van der Waals surface area contributed by atoms with Crippen molar-refractivity contribution >= 4 is 11.6 Å². The van der Waals surface area contributed by atoms with Crippen molar-refractivity contribution in [1.29, 1.82) is 0 Å². The zero-order valence-electron chi connectivity index (χ0n) is 13.1. The van der Waals surface area contributed by atoms with E-state index in [0.717, 1.165) is 16.8 Å². The van der Waals surface area contributed by atoms with E-state index >= 15 is 0 Å². The Labute approximate surface area is 116 Å². The van der Waals surface area contributed by atoms with Gasteiger partial charge < -0.3 is 11.1 Å². The molecule has 0 heterocycles. The SMILES string of the molecule is Cc1cc(C)c(NC(=O)C(C)(C)C(C)(C)N)c(C)c1. The van der Waals surface area contributed by atoms with Gasteiger partial charge in [-0.25, -0.2) is 0 Å². The molecule has 0 unspecified atom stereocenters. The summed E-state index contributed by atoms with van der Waals surface area (Å²) in [5, 5.41) is 3.03. The van der Waals surface area contributed by atoms with Gasteiger partial charge in [-0.1, -0.05) is 17.7 Å². The van der Waals surface area contributed by atoms with E-state index in [2.05, 4.69) is 24.4 Å². The molecule has 0 saturated heterocycles. The summed E-state index contributed by atoms with van der Waals surface area (Å²) < 4.78 is 0. The van der Waals surface area contributed by atoms with E-state index in [4.69, 9.17) is 5.73 Å².